The minimum absolute atomic E-state index is 0. The Morgan fingerprint density at radius 1 is 1.33 bits per heavy atom. The number of aliphatic imine (C=N–C) groups is 1. The fraction of sp³-hybridized carbons (Fsp3) is 0.273. The van der Waals surface area contributed by atoms with E-state index in [1.54, 1.807) is 18.5 Å². The van der Waals surface area contributed by atoms with E-state index in [0.29, 0.717) is 5.75 Å². The van der Waals surface area contributed by atoms with Crippen molar-refractivity contribution in [3.8, 4) is 5.75 Å². The summed E-state index contributed by atoms with van der Waals surface area (Å²) in [7, 11) is 0. The molecule has 1 aromatic carbocycles. The Morgan fingerprint density at radius 3 is 2.50 bits per heavy atom. The lowest BCUT2D eigenvalue weighted by atomic mass is 10.3. The maximum atomic E-state index is 10.3. The Kier molecular flexibility index (Phi) is 7.16. The Bertz CT molecular complexity index is 409. The molecule has 0 atom stereocenters. The van der Waals surface area contributed by atoms with Gasteiger partial charge in [0.25, 0.3) is 0 Å². The quantitative estimate of drug-likeness (QED) is 0.920. The van der Waals surface area contributed by atoms with Gasteiger partial charge in [-0.25, -0.2) is 4.79 Å². The van der Waals surface area contributed by atoms with E-state index >= 15 is 0 Å². The van der Waals surface area contributed by atoms with Crippen LogP contribution in [-0.2, 0) is 4.79 Å². The lowest BCUT2D eigenvalue weighted by Crippen LogP contribution is -2.17. The number of nitrogens with zero attached hydrogens (tertiary/aromatic N) is 2. The Morgan fingerprint density at radius 2 is 2.00 bits per heavy atom. The summed E-state index contributed by atoms with van der Waals surface area (Å²) in [6.07, 6.45) is 1.80. The minimum atomic E-state index is -0.976. The number of rotatable bonds is 4. The third-order valence-corrected chi connectivity index (χ3v) is 2.22. The second kappa shape index (κ2) is 7.79. The highest BCUT2D eigenvalue weighted by Gasteiger charge is 2.07. The predicted molar refractivity (Wildman–Crippen MR) is 74.8 cm³/mol. The summed E-state index contributed by atoms with van der Waals surface area (Å²) >= 11 is 0. The van der Waals surface area contributed by atoms with E-state index in [2.05, 4.69) is 4.99 Å². The lowest BCUT2D eigenvalue weighted by molar-refractivity contribution is -0.139. The van der Waals surface area contributed by atoms with E-state index in [1.165, 1.54) is 0 Å². The highest BCUT2D eigenvalue weighted by Crippen LogP contribution is 2.19. The molecule has 5 nitrogen and oxygen atoms in total. The van der Waals surface area contributed by atoms with Gasteiger partial charge in [-0.3, -0.25) is 4.99 Å². The molecule has 0 radical (unpaired) electrons. The monoisotopic (exact) mass is 292 g/mol. The van der Waals surface area contributed by atoms with Gasteiger partial charge in [0, 0.05) is 12.2 Å². The van der Waals surface area contributed by atoms with Gasteiger partial charge in [0.1, 0.15) is 5.75 Å². The summed E-state index contributed by atoms with van der Waals surface area (Å²) < 4.78 is 5.03. The molecule has 0 amide bonds. The van der Waals surface area contributed by atoms with Crippen molar-refractivity contribution in [3.63, 3.8) is 0 Å². The number of benzene rings is 1. The summed E-state index contributed by atoms with van der Waals surface area (Å²) in [5.74, 6) is -0.418. The first-order valence-electron chi connectivity index (χ1n) is 4.97. The van der Waals surface area contributed by atoms with Gasteiger partial charge in [-0.2, -0.15) is 0 Å². The van der Waals surface area contributed by atoms with Crippen LogP contribution in [0.3, 0.4) is 0 Å². The molecule has 1 aromatic rings. The van der Waals surface area contributed by atoms with Crippen LogP contribution in [0.25, 0.3) is 0 Å². The summed E-state index contributed by atoms with van der Waals surface area (Å²) in [5, 5.41) is 8.45. The van der Waals surface area contributed by atoms with Gasteiger partial charge >= 0.3 is 5.97 Å². The fourth-order valence-electron chi connectivity index (χ4n) is 1.45. The number of hydrogen-bond acceptors (Lipinski definition) is 4. The number of halogens is 2. The highest BCUT2D eigenvalue weighted by molar-refractivity contribution is 5.85. The van der Waals surface area contributed by atoms with Crippen LogP contribution in [-0.4, -0.2) is 37.1 Å². The predicted octanol–water partition coefficient (Wildman–Crippen LogP) is 1.84. The second-order valence-electron chi connectivity index (χ2n) is 3.39. The van der Waals surface area contributed by atoms with Crippen molar-refractivity contribution in [2.75, 3.05) is 24.6 Å². The maximum Gasteiger partial charge on any atom is 0.341 e. The SMILES string of the molecule is Cl.Cl.O=C(O)COc1ccc(N2C=NCC2)cc1. The van der Waals surface area contributed by atoms with E-state index in [9.17, 15) is 4.79 Å². The van der Waals surface area contributed by atoms with Gasteiger partial charge in [-0.15, -0.1) is 24.8 Å². The van der Waals surface area contributed by atoms with Crippen molar-refractivity contribution in [3.05, 3.63) is 24.3 Å². The van der Waals surface area contributed by atoms with Crippen molar-refractivity contribution >= 4 is 42.8 Å². The number of aliphatic carboxylic acids is 1. The molecule has 0 fully saturated rings. The number of carboxylic acid groups (broad SMARTS) is 1. The molecule has 0 aromatic heterocycles. The first-order valence-corrected chi connectivity index (χ1v) is 4.97. The van der Waals surface area contributed by atoms with Crippen molar-refractivity contribution in [1.82, 2.24) is 0 Å². The van der Waals surface area contributed by atoms with E-state index in [0.717, 1.165) is 18.8 Å². The summed E-state index contributed by atoms with van der Waals surface area (Å²) in [6, 6.07) is 7.28. The van der Waals surface area contributed by atoms with Crippen LogP contribution in [0, 0.1) is 0 Å². The van der Waals surface area contributed by atoms with Gasteiger partial charge in [-0.1, -0.05) is 0 Å². The Labute approximate surface area is 117 Å². The van der Waals surface area contributed by atoms with Gasteiger partial charge < -0.3 is 14.7 Å². The van der Waals surface area contributed by atoms with Crippen molar-refractivity contribution in [1.29, 1.82) is 0 Å². The van der Waals surface area contributed by atoms with Crippen molar-refractivity contribution < 1.29 is 14.6 Å². The molecule has 2 rings (SSSR count). The van der Waals surface area contributed by atoms with Crippen LogP contribution < -0.4 is 9.64 Å². The topological polar surface area (TPSA) is 62.1 Å². The average Bonchev–Trinajstić information content (AvgIpc) is 2.80. The van der Waals surface area contributed by atoms with Gasteiger partial charge in [0.15, 0.2) is 6.61 Å². The largest absolute Gasteiger partial charge is 0.482 e. The smallest absolute Gasteiger partial charge is 0.341 e. The van der Waals surface area contributed by atoms with Gasteiger partial charge in [-0.05, 0) is 24.3 Å². The van der Waals surface area contributed by atoms with E-state index in [1.807, 2.05) is 17.0 Å². The fourth-order valence-corrected chi connectivity index (χ4v) is 1.45. The third-order valence-electron chi connectivity index (χ3n) is 2.22. The Balaban J connectivity index is 0.00000144. The molecule has 100 valence electrons. The lowest BCUT2D eigenvalue weighted by Gasteiger charge is -2.14. The summed E-state index contributed by atoms with van der Waals surface area (Å²) in [6.45, 7) is 1.39. The number of carbonyl (C=O) groups is 1. The zero-order valence-corrected chi connectivity index (χ0v) is 11.1. The number of carboxylic acids is 1. The molecule has 1 N–H and O–H groups in total. The first-order chi connectivity index (χ1) is 7.75. The molecule has 0 aliphatic carbocycles. The van der Waals surface area contributed by atoms with Gasteiger partial charge in [0.05, 0.1) is 12.9 Å². The molecule has 0 unspecified atom stereocenters. The third kappa shape index (κ3) is 4.43. The normalized spacial score (nSPS) is 12.6. The molecule has 0 saturated heterocycles. The minimum Gasteiger partial charge on any atom is -0.482 e. The standard InChI is InChI=1S/C11H12N2O3.2ClH/c14-11(15)7-16-10-3-1-9(2-4-10)13-6-5-12-8-13;;/h1-4,8H,5-7H2,(H,14,15);2*1H. The number of hydrogen-bond donors (Lipinski definition) is 1. The first kappa shape index (κ1) is 16.5. The van der Waals surface area contributed by atoms with E-state index in [-0.39, 0.29) is 31.4 Å². The molecule has 0 spiro atoms. The molecular formula is C11H14Cl2N2O3. The molecule has 18 heavy (non-hydrogen) atoms. The molecule has 1 heterocycles. The zero-order valence-electron chi connectivity index (χ0n) is 9.48. The zero-order chi connectivity index (χ0) is 11.4. The second-order valence-corrected chi connectivity index (χ2v) is 3.39. The number of ether oxygens (including phenoxy) is 1. The van der Waals surface area contributed by atoms with Crippen LogP contribution in [0.1, 0.15) is 0 Å². The number of anilines is 1. The van der Waals surface area contributed by atoms with Crippen LogP contribution in [0.15, 0.2) is 29.3 Å². The van der Waals surface area contributed by atoms with Crippen LogP contribution >= 0.6 is 24.8 Å². The molecule has 0 saturated carbocycles. The molecule has 1 aliphatic heterocycles. The average molecular weight is 293 g/mol. The maximum absolute atomic E-state index is 10.3. The molecule has 1 aliphatic rings. The summed E-state index contributed by atoms with van der Waals surface area (Å²) in [4.78, 5) is 16.4. The highest BCUT2D eigenvalue weighted by atomic mass is 35.5. The molecule has 0 bridgehead atoms. The molecule has 7 heteroatoms. The Hall–Kier alpha value is -1.46. The van der Waals surface area contributed by atoms with Crippen molar-refractivity contribution in [2.45, 2.75) is 0 Å². The van der Waals surface area contributed by atoms with Crippen molar-refractivity contribution in [2.24, 2.45) is 4.99 Å². The van der Waals surface area contributed by atoms with E-state index < -0.39 is 5.97 Å². The van der Waals surface area contributed by atoms with Crippen LogP contribution in [0.2, 0.25) is 0 Å². The molecular weight excluding hydrogens is 279 g/mol. The van der Waals surface area contributed by atoms with Crippen LogP contribution in [0.5, 0.6) is 5.75 Å². The van der Waals surface area contributed by atoms with Crippen LogP contribution in [0.4, 0.5) is 5.69 Å². The van der Waals surface area contributed by atoms with E-state index in [4.69, 9.17) is 9.84 Å². The summed E-state index contributed by atoms with van der Waals surface area (Å²) in [5.41, 5.74) is 1.03. The van der Waals surface area contributed by atoms with Gasteiger partial charge in [0.2, 0.25) is 0 Å².